The molecule has 1 N–H and O–H groups in total. The minimum atomic E-state index is -0.880. The van der Waals surface area contributed by atoms with Gasteiger partial charge in [-0.05, 0) is 5.56 Å². The number of hydrogen-bond donors (Lipinski definition) is 1. The Morgan fingerprint density at radius 3 is 2.50 bits per heavy atom. The number of hydrogen-bond acceptors (Lipinski definition) is 4. The molecule has 18 heavy (non-hydrogen) atoms. The number of carbonyl (C=O) groups excluding carboxylic acids is 2. The van der Waals surface area contributed by atoms with Crippen molar-refractivity contribution in [3.05, 3.63) is 41.5 Å². The van der Waals surface area contributed by atoms with E-state index in [1.807, 2.05) is 0 Å². The Balaban J connectivity index is 2.25. The number of aliphatic carboxylic acids is 1. The number of carboxylic acid groups (broad SMARTS) is 1. The molecule has 1 aliphatic rings. The lowest BCUT2D eigenvalue weighted by molar-refractivity contribution is -0.136. The van der Waals surface area contributed by atoms with Crippen LogP contribution >= 0.6 is 11.8 Å². The molecular formula is C13H10O4S. The van der Waals surface area contributed by atoms with Crippen LogP contribution < -0.4 is 0 Å². The van der Waals surface area contributed by atoms with Crippen molar-refractivity contribution >= 4 is 34.2 Å². The summed E-state index contributed by atoms with van der Waals surface area (Å²) in [4.78, 5) is 34.3. The number of fused-ring (bicyclic) bond motifs is 1. The molecule has 5 heteroatoms. The Morgan fingerprint density at radius 2 is 1.83 bits per heavy atom. The number of carboxylic acids is 1. The van der Waals surface area contributed by atoms with Crippen LogP contribution in [0, 0.1) is 0 Å². The Bertz CT molecular complexity index is 560. The molecule has 0 aromatic heterocycles. The maximum absolute atomic E-state index is 11.6. The predicted molar refractivity (Wildman–Crippen MR) is 68.5 cm³/mol. The average molecular weight is 262 g/mol. The Morgan fingerprint density at radius 1 is 1.17 bits per heavy atom. The molecule has 0 amide bonds. The minimum absolute atomic E-state index is 0.0201. The van der Waals surface area contributed by atoms with E-state index in [4.69, 9.17) is 5.11 Å². The van der Waals surface area contributed by atoms with E-state index in [2.05, 4.69) is 0 Å². The molecule has 0 bridgehead atoms. The zero-order valence-corrected chi connectivity index (χ0v) is 10.2. The van der Waals surface area contributed by atoms with Gasteiger partial charge in [0.25, 0.3) is 0 Å². The molecule has 0 radical (unpaired) electrons. The monoisotopic (exact) mass is 262 g/mol. The molecule has 4 nitrogen and oxygen atoms in total. The van der Waals surface area contributed by atoms with E-state index in [9.17, 15) is 14.4 Å². The van der Waals surface area contributed by atoms with Gasteiger partial charge in [0, 0.05) is 22.3 Å². The first kappa shape index (κ1) is 12.6. The van der Waals surface area contributed by atoms with Gasteiger partial charge in [0.05, 0.1) is 6.42 Å². The van der Waals surface area contributed by atoms with Crippen LogP contribution in [0.2, 0.25) is 0 Å². The highest BCUT2D eigenvalue weighted by molar-refractivity contribution is 8.08. The average Bonchev–Trinajstić information content (AvgIpc) is 2.35. The summed E-state index contributed by atoms with van der Waals surface area (Å²) in [5.74, 6) is -1.56. The van der Waals surface area contributed by atoms with E-state index in [-0.39, 0.29) is 6.42 Å². The second kappa shape index (κ2) is 5.18. The number of Topliss-reactive ketones (excluding diaryl/α,β-unsaturated/α-hetero) is 1. The largest absolute Gasteiger partial charge is 0.481 e. The highest BCUT2D eigenvalue weighted by Crippen LogP contribution is 2.33. The molecule has 0 heterocycles. The molecule has 92 valence electrons. The predicted octanol–water partition coefficient (Wildman–Crippen LogP) is 2.00. The maximum atomic E-state index is 11.6. The van der Waals surface area contributed by atoms with Crippen LogP contribution in [-0.2, 0) is 9.59 Å². The summed E-state index contributed by atoms with van der Waals surface area (Å²) in [6.07, 6.45) is 1.31. The van der Waals surface area contributed by atoms with Crippen molar-refractivity contribution in [2.75, 3.05) is 5.75 Å². The van der Waals surface area contributed by atoms with Crippen LogP contribution in [0.15, 0.2) is 30.3 Å². The van der Waals surface area contributed by atoms with E-state index in [1.165, 1.54) is 17.8 Å². The Kier molecular flexibility index (Phi) is 3.62. The molecule has 1 aromatic rings. The summed E-state index contributed by atoms with van der Waals surface area (Å²) in [7, 11) is 0. The molecule has 2 rings (SSSR count). The first-order chi connectivity index (χ1) is 8.59. The number of thioether (sulfide) groups is 1. The van der Waals surface area contributed by atoms with Gasteiger partial charge >= 0.3 is 5.97 Å². The number of allylic oxidation sites excluding steroid dienone is 1. The van der Waals surface area contributed by atoms with Gasteiger partial charge in [-0.1, -0.05) is 24.3 Å². The van der Waals surface area contributed by atoms with E-state index in [0.717, 1.165) is 0 Å². The second-order valence-corrected chi connectivity index (χ2v) is 4.88. The summed E-state index contributed by atoms with van der Waals surface area (Å²) in [5, 5.41) is 8.58. The zero-order valence-electron chi connectivity index (χ0n) is 9.38. The smallest absolute Gasteiger partial charge is 0.304 e. The molecule has 0 aliphatic heterocycles. The quantitative estimate of drug-likeness (QED) is 0.840. The number of ketones is 2. The van der Waals surface area contributed by atoms with Crippen LogP contribution in [0.5, 0.6) is 0 Å². The highest BCUT2D eigenvalue weighted by Gasteiger charge is 2.25. The fraction of sp³-hybridized carbons (Fsp3) is 0.154. The van der Waals surface area contributed by atoms with Crippen molar-refractivity contribution < 1.29 is 19.5 Å². The van der Waals surface area contributed by atoms with Gasteiger partial charge in [-0.25, -0.2) is 0 Å². The summed E-state index contributed by atoms with van der Waals surface area (Å²) in [6, 6.07) is 6.86. The van der Waals surface area contributed by atoms with Crippen LogP contribution in [0.1, 0.15) is 22.3 Å². The molecule has 0 fully saturated rings. The molecule has 0 spiro atoms. The number of carbonyl (C=O) groups is 3. The van der Waals surface area contributed by atoms with E-state index >= 15 is 0 Å². The molecule has 0 unspecified atom stereocenters. The minimum Gasteiger partial charge on any atom is -0.481 e. The number of benzene rings is 1. The zero-order chi connectivity index (χ0) is 13.1. The first-order valence-corrected chi connectivity index (χ1v) is 6.32. The van der Waals surface area contributed by atoms with Crippen molar-refractivity contribution in [1.82, 2.24) is 0 Å². The third-order valence-corrected chi connectivity index (χ3v) is 3.55. The normalized spacial score (nSPS) is 14.1. The topological polar surface area (TPSA) is 71.4 Å². The van der Waals surface area contributed by atoms with Gasteiger partial charge in [0.15, 0.2) is 0 Å². The third kappa shape index (κ3) is 2.51. The Hall–Kier alpha value is -1.88. The molecule has 1 aromatic carbocycles. The standard InChI is InChI=1S/C13H10O4S/c14-10-7-11(18-6-5-12(15)16)8-3-1-2-4-9(8)13(10)17/h1-4,7H,5-6H2,(H,15,16). The summed E-state index contributed by atoms with van der Waals surface area (Å²) in [5.41, 5.74) is 1.10. The lowest BCUT2D eigenvalue weighted by Crippen LogP contribution is -2.17. The SMILES string of the molecule is O=C(O)CCSC1=CC(=O)C(=O)c2ccccc21. The number of rotatable bonds is 4. The van der Waals surface area contributed by atoms with E-state index in [0.29, 0.717) is 21.8 Å². The summed E-state index contributed by atoms with van der Waals surface area (Å²) in [6.45, 7) is 0. The van der Waals surface area contributed by atoms with Crippen molar-refractivity contribution in [2.24, 2.45) is 0 Å². The highest BCUT2D eigenvalue weighted by atomic mass is 32.2. The van der Waals surface area contributed by atoms with E-state index < -0.39 is 17.5 Å². The van der Waals surface area contributed by atoms with Crippen LogP contribution in [0.3, 0.4) is 0 Å². The van der Waals surface area contributed by atoms with Gasteiger partial charge in [0.2, 0.25) is 11.6 Å². The van der Waals surface area contributed by atoms with Crippen LogP contribution in [-0.4, -0.2) is 28.4 Å². The van der Waals surface area contributed by atoms with Crippen molar-refractivity contribution in [2.45, 2.75) is 6.42 Å². The lowest BCUT2D eigenvalue weighted by Gasteiger charge is -2.15. The van der Waals surface area contributed by atoms with Gasteiger partial charge < -0.3 is 5.11 Å². The first-order valence-electron chi connectivity index (χ1n) is 5.34. The van der Waals surface area contributed by atoms with Crippen molar-refractivity contribution in [1.29, 1.82) is 0 Å². The van der Waals surface area contributed by atoms with Crippen LogP contribution in [0.4, 0.5) is 0 Å². The molecular weight excluding hydrogens is 252 g/mol. The maximum Gasteiger partial charge on any atom is 0.304 e. The van der Waals surface area contributed by atoms with Crippen molar-refractivity contribution in [3.8, 4) is 0 Å². The van der Waals surface area contributed by atoms with Gasteiger partial charge in [-0.15, -0.1) is 11.8 Å². The van der Waals surface area contributed by atoms with Gasteiger partial charge in [-0.2, -0.15) is 0 Å². The van der Waals surface area contributed by atoms with Crippen LogP contribution in [0.25, 0.3) is 4.91 Å². The van der Waals surface area contributed by atoms with Gasteiger partial charge in [-0.3, -0.25) is 14.4 Å². The summed E-state index contributed by atoms with van der Waals surface area (Å²) >= 11 is 1.28. The lowest BCUT2D eigenvalue weighted by atomic mass is 9.95. The fourth-order valence-electron chi connectivity index (χ4n) is 1.66. The van der Waals surface area contributed by atoms with E-state index in [1.54, 1.807) is 24.3 Å². The summed E-state index contributed by atoms with van der Waals surface area (Å²) < 4.78 is 0. The molecule has 1 aliphatic carbocycles. The second-order valence-electron chi connectivity index (χ2n) is 3.74. The Labute approximate surface area is 108 Å². The van der Waals surface area contributed by atoms with Gasteiger partial charge in [0.1, 0.15) is 0 Å². The molecule has 0 saturated carbocycles. The molecule has 0 saturated heterocycles. The fourth-order valence-corrected chi connectivity index (χ4v) is 2.68. The van der Waals surface area contributed by atoms with Crippen molar-refractivity contribution in [3.63, 3.8) is 0 Å². The third-order valence-electron chi connectivity index (χ3n) is 2.50. The molecule has 0 atom stereocenters.